The van der Waals surface area contributed by atoms with E-state index in [2.05, 4.69) is 20.8 Å². The zero-order chi connectivity index (χ0) is 21.7. The number of aromatic nitrogens is 3. The van der Waals surface area contributed by atoms with Gasteiger partial charge in [0.05, 0.1) is 11.4 Å². The fourth-order valence-electron chi connectivity index (χ4n) is 2.59. The summed E-state index contributed by atoms with van der Waals surface area (Å²) in [6.45, 7) is 4.85. The van der Waals surface area contributed by atoms with Gasteiger partial charge in [0.15, 0.2) is 12.3 Å². The number of aryl methyl sites for hydroxylation is 3. The minimum Gasteiger partial charge on any atom is -0.451 e. The number of esters is 1. The number of nitrogens with one attached hydrogen (secondary N) is 2. The molecule has 0 aliphatic carbocycles. The number of imide groups is 1. The summed E-state index contributed by atoms with van der Waals surface area (Å²) in [5.41, 5.74) is 3.67. The van der Waals surface area contributed by atoms with E-state index in [9.17, 15) is 14.4 Å². The molecule has 3 aromatic rings. The molecular weight excluding hydrogens is 386 g/mol. The molecule has 0 saturated heterocycles. The molecule has 0 unspecified atom stereocenters. The van der Waals surface area contributed by atoms with Crippen molar-refractivity contribution in [3.05, 3.63) is 71.0 Å². The number of rotatable bonds is 5. The molecule has 0 aliphatic heterocycles. The Kier molecular flexibility index (Phi) is 6.21. The summed E-state index contributed by atoms with van der Waals surface area (Å²) in [4.78, 5) is 37.4. The SMILES string of the molecule is Cc1ccc(NC(=O)NC(=O)COC(=O)c2nn(-c3ccccc3)nc2C)cc1C. The summed E-state index contributed by atoms with van der Waals surface area (Å²) in [6.07, 6.45) is 0. The van der Waals surface area contributed by atoms with Gasteiger partial charge in [-0.15, -0.1) is 5.10 Å². The van der Waals surface area contributed by atoms with E-state index in [0.29, 0.717) is 17.1 Å². The van der Waals surface area contributed by atoms with Crippen LogP contribution in [0.3, 0.4) is 0 Å². The van der Waals surface area contributed by atoms with E-state index in [1.54, 1.807) is 31.2 Å². The van der Waals surface area contributed by atoms with Crippen molar-refractivity contribution in [3.63, 3.8) is 0 Å². The number of nitrogens with zero attached hydrogens (tertiary/aromatic N) is 3. The van der Waals surface area contributed by atoms with Gasteiger partial charge in [-0.1, -0.05) is 24.3 Å². The molecule has 154 valence electrons. The van der Waals surface area contributed by atoms with E-state index in [0.717, 1.165) is 11.1 Å². The molecule has 0 saturated carbocycles. The second-order valence-corrected chi connectivity index (χ2v) is 6.64. The van der Waals surface area contributed by atoms with Gasteiger partial charge in [0.25, 0.3) is 5.91 Å². The third-order valence-electron chi connectivity index (χ3n) is 4.31. The van der Waals surface area contributed by atoms with Crippen LogP contribution in [-0.2, 0) is 9.53 Å². The number of hydrogen-bond donors (Lipinski definition) is 2. The maximum atomic E-state index is 12.2. The highest BCUT2D eigenvalue weighted by Gasteiger charge is 2.19. The van der Waals surface area contributed by atoms with Gasteiger partial charge in [-0.3, -0.25) is 10.1 Å². The van der Waals surface area contributed by atoms with Crippen LogP contribution in [0.5, 0.6) is 0 Å². The summed E-state index contributed by atoms with van der Waals surface area (Å²) in [5.74, 6) is -1.57. The first-order valence-electron chi connectivity index (χ1n) is 9.18. The first kappa shape index (κ1) is 20.7. The molecule has 1 aromatic heterocycles. The number of hydrogen-bond acceptors (Lipinski definition) is 6. The molecule has 2 N–H and O–H groups in total. The zero-order valence-electron chi connectivity index (χ0n) is 16.8. The van der Waals surface area contributed by atoms with Crippen LogP contribution in [0.15, 0.2) is 48.5 Å². The van der Waals surface area contributed by atoms with Crippen LogP contribution in [0, 0.1) is 20.8 Å². The molecule has 0 atom stereocenters. The van der Waals surface area contributed by atoms with E-state index in [1.807, 2.05) is 38.1 Å². The predicted octanol–water partition coefficient (Wildman–Crippen LogP) is 2.70. The highest BCUT2D eigenvalue weighted by atomic mass is 16.5. The topological polar surface area (TPSA) is 115 Å². The van der Waals surface area contributed by atoms with Gasteiger partial charge < -0.3 is 10.1 Å². The Hall–Kier alpha value is -4.01. The Balaban J connectivity index is 1.53. The molecule has 0 bridgehead atoms. The standard InChI is InChI=1S/C21H21N5O4/c1-13-9-10-16(11-14(13)2)22-21(29)23-18(27)12-30-20(28)19-15(3)24-26(25-19)17-7-5-4-6-8-17/h4-11H,12H2,1-3H3,(H2,22,23,27,29). The fourth-order valence-corrected chi connectivity index (χ4v) is 2.59. The highest BCUT2D eigenvalue weighted by molar-refractivity contribution is 6.02. The van der Waals surface area contributed by atoms with Gasteiger partial charge in [-0.05, 0) is 56.2 Å². The van der Waals surface area contributed by atoms with Gasteiger partial charge in [-0.2, -0.15) is 9.90 Å². The number of ether oxygens (including phenoxy) is 1. The third kappa shape index (κ3) is 5.07. The van der Waals surface area contributed by atoms with Crippen LogP contribution in [0.2, 0.25) is 0 Å². The minimum atomic E-state index is -0.806. The van der Waals surface area contributed by atoms with Crippen LogP contribution in [0.1, 0.15) is 27.3 Å². The molecule has 0 radical (unpaired) electrons. The lowest BCUT2D eigenvalue weighted by atomic mass is 10.1. The van der Waals surface area contributed by atoms with Crippen molar-refractivity contribution in [3.8, 4) is 5.69 Å². The number of amides is 3. The maximum Gasteiger partial charge on any atom is 0.361 e. The van der Waals surface area contributed by atoms with Crippen LogP contribution in [-0.4, -0.2) is 39.5 Å². The number of urea groups is 1. The molecule has 30 heavy (non-hydrogen) atoms. The first-order valence-corrected chi connectivity index (χ1v) is 9.18. The normalized spacial score (nSPS) is 10.4. The van der Waals surface area contributed by atoms with Crippen molar-refractivity contribution < 1.29 is 19.1 Å². The summed E-state index contributed by atoms with van der Waals surface area (Å²) >= 11 is 0. The van der Waals surface area contributed by atoms with Gasteiger partial charge in [0, 0.05) is 5.69 Å². The Morgan fingerprint density at radius 1 is 0.967 bits per heavy atom. The molecule has 0 spiro atoms. The van der Waals surface area contributed by atoms with Gasteiger partial charge >= 0.3 is 12.0 Å². The summed E-state index contributed by atoms with van der Waals surface area (Å²) < 4.78 is 4.96. The van der Waals surface area contributed by atoms with Crippen molar-refractivity contribution in [2.45, 2.75) is 20.8 Å². The van der Waals surface area contributed by atoms with Crippen molar-refractivity contribution in [1.29, 1.82) is 0 Å². The average molecular weight is 407 g/mol. The number of carbonyl (C=O) groups excluding carboxylic acids is 3. The Morgan fingerprint density at radius 2 is 1.70 bits per heavy atom. The van der Waals surface area contributed by atoms with Gasteiger partial charge in [0.2, 0.25) is 0 Å². The van der Waals surface area contributed by atoms with Crippen molar-refractivity contribution in [2.24, 2.45) is 0 Å². The Bertz CT molecular complexity index is 1090. The summed E-state index contributed by atoms with van der Waals surface area (Å²) in [5, 5.41) is 12.9. The van der Waals surface area contributed by atoms with E-state index in [1.165, 1.54) is 4.80 Å². The second-order valence-electron chi connectivity index (χ2n) is 6.64. The van der Waals surface area contributed by atoms with Gasteiger partial charge in [0.1, 0.15) is 0 Å². The van der Waals surface area contributed by atoms with E-state index in [-0.39, 0.29) is 5.69 Å². The van der Waals surface area contributed by atoms with E-state index in [4.69, 9.17) is 4.74 Å². The van der Waals surface area contributed by atoms with E-state index < -0.39 is 24.5 Å². The van der Waals surface area contributed by atoms with Crippen LogP contribution < -0.4 is 10.6 Å². The van der Waals surface area contributed by atoms with Gasteiger partial charge in [-0.25, -0.2) is 9.59 Å². The molecule has 1 heterocycles. The fraction of sp³-hybridized carbons (Fsp3) is 0.190. The second kappa shape index (κ2) is 8.99. The van der Waals surface area contributed by atoms with Crippen LogP contribution in [0.25, 0.3) is 5.69 Å². The smallest absolute Gasteiger partial charge is 0.361 e. The molecule has 2 aromatic carbocycles. The summed E-state index contributed by atoms with van der Waals surface area (Å²) in [6, 6.07) is 13.7. The minimum absolute atomic E-state index is 0.00812. The van der Waals surface area contributed by atoms with Crippen molar-refractivity contribution in [2.75, 3.05) is 11.9 Å². The lowest BCUT2D eigenvalue weighted by molar-refractivity contribution is -0.123. The van der Waals surface area contributed by atoms with Crippen molar-refractivity contribution in [1.82, 2.24) is 20.3 Å². The van der Waals surface area contributed by atoms with E-state index >= 15 is 0 Å². The largest absolute Gasteiger partial charge is 0.451 e. The molecule has 0 aliphatic rings. The molecule has 3 rings (SSSR count). The molecule has 9 nitrogen and oxygen atoms in total. The average Bonchev–Trinajstić information content (AvgIpc) is 3.11. The predicted molar refractivity (Wildman–Crippen MR) is 109 cm³/mol. The molecule has 0 fully saturated rings. The first-order chi connectivity index (χ1) is 14.3. The number of benzene rings is 2. The Morgan fingerprint density at radius 3 is 2.40 bits per heavy atom. The quantitative estimate of drug-likeness (QED) is 0.629. The van der Waals surface area contributed by atoms with Crippen LogP contribution >= 0.6 is 0 Å². The number of anilines is 1. The molecular formula is C21H21N5O4. The maximum absolute atomic E-state index is 12.2. The summed E-state index contributed by atoms with van der Waals surface area (Å²) in [7, 11) is 0. The Labute approximate surface area is 173 Å². The zero-order valence-corrected chi connectivity index (χ0v) is 16.8. The number of para-hydroxylation sites is 1. The lowest BCUT2D eigenvalue weighted by Crippen LogP contribution is -2.37. The number of carbonyl (C=O) groups is 3. The van der Waals surface area contributed by atoms with Crippen molar-refractivity contribution >= 4 is 23.6 Å². The van der Waals surface area contributed by atoms with Crippen LogP contribution in [0.4, 0.5) is 10.5 Å². The monoisotopic (exact) mass is 407 g/mol. The lowest BCUT2D eigenvalue weighted by Gasteiger charge is -2.08. The molecule has 3 amide bonds. The highest BCUT2D eigenvalue weighted by Crippen LogP contribution is 2.14. The molecule has 9 heteroatoms. The third-order valence-corrected chi connectivity index (χ3v) is 4.31.